The molecule has 0 unspecified atom stereocenters. The third kappa shape index (κ3) is 4.69. The first-order valence-corrected chi connectivity index (χ1v) is 5.92. The maximum absolute atomic E-state index is 12.2. The Bertz CT molecular complexity index is 497. The average Bonchev–Trinajstić information content (AvgIpc) is 2.27. The van der Waals surface area contributed by atoms with Crippen LogP contribution in [0.5, 0.6) is 0 Å². The molecule has 1 aromatic heterocycles. The zero-order chi connectivity index (χ0) is 13.9. The lowest BCUT2D eigenvalue weighted by Crippen LogP contribution is -2.40. The van der Waals surface area contributed by atoms with Gasteiger partial charge in [0.2, 0.25) is 5.56 Å². The topological polar surface area (TPSA) is 79.2 Å². The molecule has 0 radical (unpaired) electrons. The van der Waals surface area contributed by atoms with Crippen LogP contribution in [0.15, 0.2) is 17.1 Å². The smallest absolute Gasteiger partial charge is 0.255 e. The fraction of sp³-hybridized carbons (Fsp3) is 0.538. The molecule has 0 aliphatic carbocycles. The SMILES string of the molecule is Cc1cc(=O)[nH]cc1C(=O)N(C)CC(C)(C)CN.Cl. The molecule has 3 N–H and O–H groups in total. The normalized spacial score (nSPS) is 10.8. The van der Waals surface area contributed by atoms with Crippen LogP contribution in [-0.2, 0) is 0 Å². The highest BCUT2D eigenvalue weighted by Gasteiger charge is 2.22. The summed E-state index contributed by atoms with van der Waals surface area (Å²) in [4.78, 5) is 27.5. The minimum atomic E-state index is -0.200. The van der Waals surface area contributed by atoms with Crippen LogP contribution in [0.4, 0.5) is 0 Å². The molecule has 0 atom stereocenters. The van der Waals surface area contributed by atoms with E-state index in [-0.39, 0.29) is 29.3 Å². The number of nitrogens with two attached hydrogens (primary N) is 1. The van der Waals surface area contributed by atoms with Crippen LogP contribution in [0.2, 0.25) is 0 Å². The molecule has 0 spiro atoms. The van der Waals surface area contributed by atoms with Gasteiger partial charge in [0.05, 0.1) is 5.56 Å². The van der Waals surface area contributed by atoms with E-state index in [1.165, 1.54) is 12.3 Å². The summed E-state index contributed by atoms with van der Waals surface area (Å²) >= 11 is 0. The van der Waals surface area contributed by atoms with Gasteiger partial charge < -0.3 is 15.6 Å². The summed E-state index contributed by atoms with van der Waals surface area (Å²) in [5.41, 5.74) is 6.53. The second-order valence-electron chi connectivity index (χ2n) is 5.42. The largest absolute Gasteiger partial charge is 0.341 e. The lowest BCUT2D eigenvalue weighted by Gasteiger charge is -2.29. The Hall–Kier alpha value is -1.33. The van der Waals surface area contributed by atoms with Crippen molar-refractivity contribution in [2.45, 2.75) is 20.8 Å². The van der Waals surface area contributed by atoms with Crippen LogP contribution < -0.4 is 11.3 Å². The lowest BCUT2D eigenvalue weighted by molar-refractivity contribution is 0.0739. The summed E-state index contributed by atoms with van der Waals surface area (Å²) in [6.07, 6.45) is 1.46. The number of hydrogen-bond donors (Lipinski definition) is 2. The molecule has 0 bridgehead atoms. The third-order valence-corrected chi connectivity index (χ3v) is 2.93. The number of amides is 1. The van der Waals surface area contributed by atoms with Gasteiger partial charge in [-0.25, -0.2) is 0 Å². The molecule has 6 heteroatoms. The molecular weight excluding hydrogens is 266 g/mol. The van der Waals surface area contributed by atoms with Crippen molar-refractivity contribution in [1.82, 2.24) is 9.88 Å². The predicted molar refractivity (Wildman–Crippen MR) is 78.8 cm³/mol. The number of carbonyl (C=O) groups excluding carboxylic acids is 1. The second-order valence-corrected chi connectivity index (χ2v) is 5.42. The van der Waals surface area contributed by atoms with E-state index in [2.05, 4.69) is 4.98 Å². The number of H-pyrrole nitrogens is 1. The van der Waals surface area contributed by atoms with E-state index in [4.69, 9.17) is 5.73 Å². The number of pyridine rings is 1. The molecule has 0 fully saturated rings. The van der Waals surface area contributed by atoms with Crippen molar-refractivity contribution in [3.8, 4) is 0 Å². The van der Waals surface area contributed by atoms with Crippen molar-refractivity contribution >= 4 is 18.3 Å². The molecule has 1 rings (SSSR count). The fourth-order valence-electron chi connectivity index (χ4n) is 1.79. The van der Waals surface area contributed by atoms with Crippen molar-refractivity contribution < 1.29 is 4.79 Å². The van der Waals surface area contributed by atoms with Crippen molar-refractivity contribution in [2.24, 2.45) is 11.1 Å². The first-order valence-electron chi connectivity index (χ1n) is 5.92. The highest BCUT2D eigenvalue weighted by molar-refractivity contribution is 5.95. The predicted octanol–water partition coefficient (Wildman–Crippen LogP) is 1.16. The van der Waals surface area contributed by atoms with Gasteiger partial charge in [0.25, 0.3) is 5.91 Å². The Kier molecular flexibility index (Phi) is 6.25. The number of carbonyl (C=O) groups is 1. The van der Waals surface area contributed by atoms with E-state index < -0.39 is 0 Å². The quantitative estimate of drug-likeness (QED) is 0.872. The summed E-state index contributed by atoms with van der Waals surface area (Å²) in [7, 11) is 1.74. The molecule has 108 valence electrons. The Balaban J connectivity index is 0.00000324. The van der Waals surface area contributed by atoms with E-state index in [1.54, 1.807) is 18.9 Å². The molecule has 0 saturated heterocycles. The lowest BCUT2D eigenvalue weighted by atomic mass is 9.93. The summed E-state index contributed by atoms with van der Waals surface area (Å²) in [6.45, 7) is 6.85. The fourth-order valence-corrected chi connectivity index (χ4v) is 1.79. The van der Waals surface area contributed by atoms with Gasteiger partial charge in [-0.1, -0.05) is 13.8 Å². The van der Waals surface area contributed by atoms with Crippen molar-refractivity contribution in [3.63, 3.8) is 0 Å². The van der Waals surface area contributed by atoms with Crippen molar-refractivity contribution in [3.05, 3.63) is 33.7 Å². The molecule has 0 aliphatic heterocycles. The van der Waals surface area contributed by atoms with Gasteiger partial charge in [0.15, 0.2) is 0 Å². The van der Waals surface area contributed by atoms with Gasteiger partial charge in [0.1, 0.15) is 0 Å². The first kappa shape index (κ1) is 17.7. The number of aromatic amines is 1. The summed E-state index contributed by atoms with van der Waals surface area (Å²) in [5, 5.41) is 0. The van der Waals surface area contributed by atoms with E-state index in [1.807, 2.05) is 13.8 Å². The molecule has 0 aliphatic rings. The standard InChI is InChI=1S/C13H21N3O2.ClH/c1-9-5-11(17)15-6-10(9)12(18)16(4)8-13(2,3)7-14;/h5-6H,7-8,14H2,1-4H3,(H,15,17);1H. The van der Waals surface area contributed by atoms with Gasteiger partial charge in [-0.05, 0) is 24.4 Å². The van der Waals surface area contributed by atoms with Crippen LogP contribution in [0.25, 0.3) is 0 Å². The highest BCUT2D eigenvalue weighted by Crippen LogP contribution is 2.16. The Morgan fingerprint density at radius 1 is 1.47 bits per heavy atom. The summed E-state index contributed by atoms with van der Waals surface area (Å²) < 4.78 is 0. The van der Waals surface area contributed by atoms with E-state index in [0.717, 1.165) is 0 Å². The minimum absolute atomic E-state index is 0. The first-order chi connectivity index (χ1) is 8.26. The van der Waals surface area contributed by atoms with Crippen LogP contribution in [0.3, 0.4) is 0 Å². The van der Waals surface area contributed by atoms with E-state index in [0.29, 0.717) is 24.2 Å². The van der Waals surface area contributed by atoms with Gasteiger partial charge in [0, 0.05) is 25.9 Å². The van der Waals surface area contributed by atoms with E-state index in [9.17, 15) is 9.59 Å². The number of nitrogens with zero attached hydrogens (tertiary/aromatic N) is 1. The molecule has 1 heterocycles. The number of nitrogens with one attached hydrogen (secondary N) is 1. The molecule has 5 nitrogen and oxygen atoms in total. The molecule has 0 aromatic carbocycles. The number of hydrogen-bond acceptors (Lipinski definition) is 3. The Labute approximate surface area is 119 Å². The van der Waals surface area contributed by atoms with Crippen molar-refractivity contribution in [1.29, 1.82) is 0 Å². The highest BCUT2D eigenvalue weighted by atomic mass is 35.5. The maximum atomic E-state index is 12.2. The van der Waals surface area contributed by atoms with Gasteiger partial charge in [-0.2, -0.15) is 0 Å². The third-order valence-electron chi connectivity index (χ3n) is 2.93. The van der Waals surface area contributed by atoms with Crippen LogP contribution in [0.1, 0.15) is 29.8 Å². The van der Waals surface area contributed by atoms with Gasteiger partial charge in [-0.15, -0.1) is 12.4 Å². The maximum Gasteiger partial charge on any atom is 0.255 e. The van der Waals surface area contributed by atoms with Crippen LogP contribution in [-0.4, -0.2) is 35.9 Å². The Morgan fingerprint density at radius 3 is 2.53 bits per heavy atom. The number of aromatic nitrogens is 1. The van der Waals surface area contributed by atoms with Crippen LogP contribution >= 0.6 is 12.4 Å². The molecule has 1 aromatic rings. The number of rotatable bonds is 4. The summed E-state index contributed by atoms with van der Waals surface area (Å²) in [5.74, 6) is -0.106. The molecule has 19 heavy (non-hydrogen) atoms. The van der Waals surface area contributed by atoms with Crippen molar-refractivity contribution in [2.75, 3.05) is 20.1 Å². The molecular formula is C13H22ClN3O2. The van der Waals surface area contributed by atoms with Gasteiger partial charge >= 0.3 is 0 Å². The Morgan fingerprint density at radius 2 is 2.05 bits per heavy atom. The number of halogens is 1. The van der Waals surface area contributed by atoms with Crippen LogP contribution in [0, 0.1) is 12.3 Å². The number of aryl methyl sites for hydroxylation is 1. The average molecular weight is 288 g/mol. The van der Waals surface area contributed by atoms with Gasteiger partial charge in [-0.3, -0.25) is 9.59 Å². The second kappa shape index (κ2) is 6.73. The minimum Gasteiger partial charge on any atom is -0.341 e. The monoisotopic (exact) mass is 287 g/mol. The summed E-state index contributed by atoms with van der Waals surface area (Å²) in [6, 6.07) is 1.43. The zero-order valence-corrected chi connectivity index (χ0v) is 12.6. The molecule has 0 saturated carbocycles. The van der Waals surface area contributed by atoms with E-state index >= 15 is 0 Å². The molecule has 1 amide bonds. The zero-order valence-electron chi connectivity index (χ0n) is 11.8.